The predicted octanol–water partition coefficient (Wildman–Crippen LogP) is 1.99. The molecule has 1 rings (SSSR count). The molecule has 92 valence electrons. The Bertz CT molecular complexity index is 296. The smallest absolute Gasteiger partial charge is 0.118 e. The van der Waals surface area contributed by atoms with E-state index < -0.39 is 0 Å². The van der Waals surface area contributed by atoms with E-state index in [2.05, 4.69) is 6.92 Å². The van der Waals surface area contributed by atoms with Gasteiger partial charge in [0.25, 0.3) is 0 Å². The number of hydrogen-bond donors (Lipinski definition) is 1. The summed E-state index contributed by atoms with van der Waals surface area (Å²) < 4.78 is 16.2. The second kappa shape index (κ2) is 7.44. The van der Waals surface area contributed by atoms with Gasteiger partial charge >= 0.3 is 0 Å². The summed E-state index contributed by atoms with van der Waals surface area (Å²) in [6, 6.07) is 1.95. The van der Waals surface area contributed by atoms with Crippen molar-refractivity contribution in [3.63, 3.8) is 0 Å². The van der Waals surface area contributed by atoms with Gasteiger partial charge in [0.15, 0.2) is 0 Å². The molecule has 1 heterocycles. The molecule has 0 aliphatic rings. The maximum atomic E-state index is 5.49. The zero-order valence-corrected chi connectivity index (χ0v) is 10.1. The van der Waals surface area contributed by atoms with Crippen molar-refractivity contribution in [1.82, 2.24) is 0 Å². The lowest BCUT2D eigenvalue weighted by Crippen LogP contribution is -2.04. The van der Waals surface area contributed by atoms with Crippen LogP contribution in [0.1, 0.15) is 30.4 Å². The monoisotopic (exact) mass is 227 g/mol. The van der Waals surface area contributed by atoms with E-state index >= 15 is 0 Å². The van der Waals surface area contributed by atoms with Crippen molar-refractivity contribution >= 4 is 0 Å². The molecule has 0 atom stereocenters. The molecule has 0 saturated heterocycles. The van der Waals surface area contributed by atoms with E-state index in [-0.39, 0.29) is 0 Å². The van der Waals surface area contributed by atoms with Crippen LogP contribution in [0.5, 0.6) is 0 Å². The first-order valence-corrected chi connectivity index (χ1v) is 5.71. The van der Waals surface area contributed by atoms with Gasteiger partial charge in [-0.2, -0.15) is 0 Å². The average Bonchev–Trinajstić information content (AvgIpc) is 2.65. The predicted molar refractivity (Wildman–Crippen MR) is 62.1 cm³/mol. The molecule has 0 aliphatic heterocycles. The average molecular weight is 227 g/mol. The van der Waals surface area contributed by atoms with Crippen LogP contribution in [0.4, 0.5) is 0 Å². The van der Waals surface area contributed by atoms with E-state index in [1.165, 1.54) is 0 Å². The van der Waals surface area contributed by atoms with Crippen LogP contribution in [0, 0.1) is 6.92 Å². The fourth-order valence-electron chi connectivity index (χ4n) is 1.38. The zero-order chi connectivity index (χ0) is 11.8. The SMILES string of the molecule is CCCOCCOCc1cc(CN)oc1C. The van der Waals surface area contributed by atoms with Gasteiger partial charge in [0, 0.05) is 12.2 Å². The number of aryl methyl sites for hydroxylation is 1. The maximum Gasteiger partial charge on any atom is 0.118 e. The van der Waals surface area contributed by atoms with Gasteiger partial charge in [0.05, 0.1) is 26.4 Å². The third-order valence-electron chi connectivity index (χ3n) is 2.25. The summed E-state index contributed by atoms with van der Waals surface area (Å²) in [6.45, 7) is 7.06. The highest BCUT2D eigenvalue weighted by molar-refractivity contribution is 5.19. The van der Waals surface area contributed by atoms with Crippen molar-refractivity contribution in [3.8, 4) is 0 Å². The lowest BCUT2D eigenvalue weighted by molar-refractivity contribution is 0.0405. The molecule has 0 aromatic carbocycles. The first-order valence-electron chi connectivity index (χ1n) is 5.71. The van der Waals surface area contributed by atoms with E-state index in [1.54, 1.807) is 0 Å². The Morgan fingerprint density at radius 2 is 2.00 bits per heavy atom. The van der Waals surface area contributed by atoms with Crippen LogP contribution in [-0.2, 0) is 22.6 Å². The molecule has 0 unspecified atom stereocenters. The van der Waals surface area contributed by atoms with Crippen molar-refractivity contribution in [3.05, 3.63) is 23.2 Å². The second-order valence-corrected chi connectivity index (χ2v) is 3.66. The summed E-state index contributed by atoms with van der Waals surface area (Å²) in [5, 5.41) is 0. The summed E-state index contributed by atoms with van der Waals surface area (Å²) in [4.78, 5) is 0. The zero-order valence-electron chi connectivity index (χ0n) is 10.1. The molecule has 0 fully saturated rings. The molecular formula is C12H21NO3. The summed E-state index contributed by atoms with van der Waals surface area (Å²) in [7, 11) is 0. The quantitative estimate of drug-likeness (QED) is 0.690. The van der Waals surface area contributed by atoms with E-state index in [4.69, 9.17) is 19.6 Å². The minimum Gasteiger partial charge on any atom is -0.465 e. The number of hydrogen-bond acceptors (Lipinski definition) is 4. The molecule has 2 N–H and O–H groups in total. The second-order valence-electron chi connectivity index (χ2n) is 3.66. The van der Waals surface area contributed by atoms with E-state index in [1.807, 2.05) is 13.0 Å². The van der Waals surface area contributed by atoms with Crippen molar-refractivity contribution in [2.75, 3.05) is 19.8 Å². The van der Waals surface area contributed by atoms with Gasteiger partial charge in [-0.1, -0.05) is 6.92 Å². The standard InChI is InChI=1S/C12H21NO3/c1-3-4-14-5-6-15-9-11-7-12(8-13)16-10(11)2/h7H,3-6,8-9,13H2,1-2H3. The summed E-state index contributed by atoms with van der Waals surface area (Å²) >= 11 is 0. The van der Waals surface area contributed by atoms with Crippen molar-refractivity contribution < 1.29 is 13.9 Å². The number of furan rings is 1. The van der Waals surface area contributed by atoms with Crippen molar-refractivity contribution in [2.24, 2.45) is 5.73 Å². The molecule has 16 heavy (non-hydrogen) atoms. The van der Waals surface area contributed by atoms with Gasteiger partial charge in [0.2, 0.25) is 0 Å². The first kappa shape index (κ1) is 13.2. The fraction of sp³-hybridized carbons (Fsp3) is 0.667. The highest BCUT2D eigenvalue weighted by Gasteiger charge is 2.05. The minimum atomic E-state index is 0.431. The van der Waals surface area contributed by atoms with Crippen LogP contribution in [0.2, 0.25) is 0 Å². The molecular weight excluding hydrogens is 206 g/mol. The number of ether oxygens (including phenoxy) is 2. The molecule has 4 heteroatoms. The molecule has 0 bridgehead atoms. The van der Waals surface area contributed by atoms with E-state index in [0.29, 0.717) is 26.4 Å². The summed E-state index contributed by atoms with van der Waals surface area (Å²) in [5.41, 5.74) is 6.55. The summed E-state index contributed by atoms with van der Waals surface area (Å²) in [6.07, 6.45) is 1.04. The van der Waals surface area contributed by atoms with Crippen LogP contribution in [0.25, 0.3) is 0 Å². The Morgan fingerprint density at radius 3 is 2.62 bits per heavy atom. The Balaban J connectivity index is 2.18. The topological polar surface area (TPSA) is 57.6 Å². The molecule has 0 spiro atoms. The third-order valence-corrected chi connectivity index (χ3v) is 2.25. The largest absolute Gasteiger partial charge is 0.465 e. The lowest BCUT2D eigenvalue weighted by Gasteiger charge is -2.03. The Kier molecular flexibility index (Phi) is 6.15. The van der Waals surface area contributed by atoms with Gasteiger partial charge in [-0.05, 0) is 19.4 Å². The maximum absolute atomic E-state index is 5.49. The Morgan fingerprint density at radius 1 is 1.25 bits per heavy atom. The molecule has 1 aromatic heterocycles. The van der Waals surface area contributed by atoms with E-state index in [0.717, 1.165) is 30.1 Å². The van der Waals surface area contributed by atoms with Crippen LogP contribution in [0.15, 0.2) is 10.5 Å². The van der Waals surface area contributed by atoms with Crippen LogP contribution >= 0.6 is 0 Å². The van der Waals surface area contributed by atoms with Crippen LogP contribution in [-0.4, -0.2) is 19.8 Å². The third kappa shape index (κ3) is 4.35. The Labute approximate surface area is 96.7 Å². The molecule has 0 radical (unpaired) electrons. The normalized spacial score (nSPS) is 10.9. The molecule has 4 nitrogen and oxygen atoms in total. The molecule has 0 amide bonds. The number of nitrogens with two attached hydrogens (primary N) is 1. The van der Waals surface area contributed by atoms with Gasteiger partial charge in [-0.15, -0.1) is 0 Å². The molecule has 0 saturated carbocycles. The van der Waals surface area contributed by atoms with Crippen LogP contribution in [0.3, 0.4) is 0 Å². The van der Waals surface area contributed by atoms with Crippen molar-refractivity contribution in [2.45, 2.75) is 33.4 Å². The number of rotatable bonds is 8. The van der Waals surface area contributed by atoms with Crippen molar-refractivity contribution in [1.29, 1.82) is 0 Å². The minimum absolute atomic E-state index is 0.431. The van der Waals surface area contributed by atoms with Crippen LogP contribution < -0.4 is 5.73 Å². The fourth-order valence-corrected chi connectivity index (χ4v) is 1.38. The molecule has 1 aromatic rings. The van der Waals surface area contributed by atoms with Gasteiger partial charge in [0.1, 0.15) is 11.5 Å². The van der Waals surface area contributed by atoms with Gasteiger partial charge in [-0.25, -0.2) is 0 Å². The van der Waals surface area contributed by atoms with E-state index in [9.17, 15) is 0 Å². The lowest BCUT2D eigenvalue weighted by atomic mass is 10.2. The Hall–Kier alpha value is -0.840. The first-order chi connectivity index (χ1) is 7.77. The molecule has 0 aliphatic carbocycles. The van der Waals surface area contributed by atoms with Gasteiger partial charge in [-0.3, -0.25) is 0 Å². The summed E-state index contributed by atoms with van der Waals surface area (Å²) in [5.74, 6) is 1.69. The van der Waals surface area contributed by atoms with Gasteiger partial charge < -0.3 is 19.6 Å². The highest BCUT2D eigenvalue weighted by Crippen LogP contribution is 2.14. The highest BCUT2D eigenvalue weighted by atomic mass is 16.5.